The molecule has 3 rings (SSSR count). The lowest BCUT2D eigenvalue weighted by Crippen LogP contribution is -1.97. The molecule has 0 saturated carbocycles. The van der Waals surface area contributed by atoms with Gasteiger partial charge in [-0.05, 0) is 42.8 Å². The van der Waals surface area contributed by atoms with E-state index in [-0.39, 0.29) is 11.1 Å². The number of carbonyl (C=O) groups is 1. The average Bonchev–Trinajstić information content (AvgIpc) is 2.83. The Balaban J connectivity index is 2.20. The van der Waals surface area contributed by atoms with Crippen LogP contribution in [0.1, 0.15) is 15.9 Å². The molecule has 3 aromatic rings. The second-order valence-corrected chi connectivity index (χ2v) is 4.66. The van der Waals surface area contributed by atoms with Crippen LogP contribution in [0.4, 0.5) is 4.39 Å². The van der Waals surface area contributed by atoms with Gasteiger partial charge in [0.1, 0.15) is 5.76 Å². The third-order valence-electron chi connectivity index (χ3n) is 3.10. The molecule has 0 atom stereocenters. The Labute approximate surface area is 114 Å². The van der Waals surface area contributed by atoms with Crippen LogP contribution in [0.3, 0.4) is 0 Å². The summed E-state index contributed by atoms with van der Waals surface area (Å²) < 4.78 is 19.1. The molecular weight excluding hydrogens is 259 g/mol. The molecule has 4 heteroatoms. The highest BCUT2D eigenvalue weighted by Gasteiger charge is 2.12. The monoisotopic (exact) mass is 270 g/mol. The fourth-order valence-electron chi connectivity index (χ4n) is 2.22. The molecule has 0 fully saturated rings. The van der Waals surface area contributed by atoms with Gasteiger partial charge < -0.3 is 9.52 Å². The number of aromatic carboxylic acids is 1. The summed E-state index contributed by atoms with van der Waals surface area (Å²) in [6, 6.07) is 11.3. The van der Waals surface area contributed by atoms with E-state index in [0.29, 0.717) is 16.7 Å². The quantitative estimate of drug-likeness (QED) is 0.757. The van der Waals surface area contributed by atoms with Gasteiger partial charge in [0, 0.05) is 10.9 Å². The summed E-state index contributed by atoms with van der Waals surface area (Å²) in [6.07, 6.45) is 0. The van der Waals surface area contributed by atoms with E-state index >= 15 is 0 Å². The Kier molecular flexibility index (Phi) is 2.79. The number of furan rings is 1. The number of para-hydroxylation sites is 1. The maximum Gasteiger partial charge on any atom is 0.335 e. The maximum absolute atomic E-state index is 13.6. The molecule has 0 radical (unpaired) electrons. The SMILES string of the molecule is Cc1cc(C(=O)O)cc(-c2cc3cccc(F)c3o2)c1. The van der Waals surface area contributed by atoms with E-state index in [9.17, 15) is 9.18 Å². The van der Waals surface area contributed by atoms with Crippen molar-refractivity contribution in [2.24, 2.45) is 0 Å². The van der Waals surface area contributed by atoms with Crippen molar-refractivity contribution in [3.63, 3.8) is 0 Å². The molecule has 0 aliphatic carbocycles. The molecule has 3 nitrogen and oxygen atoms in total. The zero-order valence-corrected chi connectivity index (χ0v) is 10.7. The molecule has 1 aromatic heterocycles. The van der Waals surface area contributed by atoms with Crippen LogP contribution >= 0.6 is 0 Å². The number of rotatable bonds is 2. The van der Waals surface area contributed by atoms with Gasteiger partial charge in [-0.2, -0.15) is 0 Å². The van der Waals surface area contributed by atoms with Crippen molar-refractivity contribution in [3.8, 4) is 11.3 Å². The van der Waals surface area contributed by atoms with Gasteiger partial charge >= 0.3 is 5.97 Å². The maximum atomic E-state index is 13.6. The number of benzene rings is 2. The van der Waals surface area contributed by atoms with Gasteiger partial charge in [-0.3, -0.25) is 0 Å². The van der Waals surface area contributed by atoms with E-state index in [2.05, 4.69) is 0 Å². The summed E-state index contributed by atoms with van der Waals surface area (Å²) >= 11 is 0. The van der Waals surface area contributed by atoms with Crippen LogP contribution in [0.25, 0.3) is 22.3 Å². The zero-order chi connectivity index (χ0) is 14.3. The smallest absolute Gasteiger partial charge is 0.335 e. The molecule has 100 valence electrons. The van der Waals surface area contributed by atoms with Crippen LogP contribution in [0.15, 0.2) is 46.9 Å². The van der Waals surface area contributed by atoms with Gasteiger partial charge in [0.15, 0.2) is 11.4 Å². The Bertz CT molecular complexity index is 818. The van der Waals surface area contributed by atoms with Crippen molar-refractivity contribution in [2.75, 3.05) is 0 Å². The molecule has 1 heterocycles. The minimum absolute atomic E-state index is 0.181. The number of carboxylic acids is 1. The minimum atomic E-state index is -1.00. The molecule has 0 aliphatic heterocycles. The lowest BCUT2D eigenvalue weighted by atomic mass is 10.0. The molecule has 0 amide bonds. The first-order valence-corrected chi connectivity index (χ1v) is 6.08. The van der Waals surface area contributed by atoms with Crippen LogP contribution in [0.2, 0.25) is 0 Å². The van der Waals surface area contributed by atoms with E-state index < -0.39 is 11.8 Å². The van der Waals surface area contributed by atoms with Gasteiger partial charge in [-0.25, -0.2) is 9.18 Å². The highest BCUT2D eigenvalue weighted by molar-refractivity contribution is 5.90. The van der Waals surface area contributed by atoms with Crippen LogP contribution in [-0.2, 0) is 0 Å². The minimum Gasteiger partial charge on any atom is -0.478 e. The Morgan fingerprint density at radius 3 is 2.70 bits per heavy atom. The topological polar surface area (TPSA) is 50.4 Å². The van der Waals surface area contributed by atoms with Crippen molar-refractivity contribution in [3.05, 3.63) is 59.4 Å². The predicted molar refractivity (Wildman–Crippen MR) is 73.3 cm³/mol. The molecule has 0 saturated heterocycles. The molecule has 20 heavy (non-hydrogen) atoms. The van der Waals surface area contributed by atoms with Gasteiger partial charge in [-0.15, -0.1) is 0 Å². The normalized spacial score (nSPS) is 10.9. The zero-order valence-electron chi connectivity index (χ0n) is 10.7. The van der Waals surface area contributed by atoms with Crippen LogP contribution in [0, 0.1) is 12.7 Å². The molecule has 0 unspecified atom stereocenters. The Hall–Kier alpha value is -2.62. The second kappa shape index (κ2) is 4.49. The fraction of sp³-hybridized carbons (Fsp3) is 0.0625. The summed E-state index contributed by atoms with van der Waals surface area (Å²) in [5.41, 5.74) is 1.79. The molecule has 1 N–H and O–H groups in total. The van der Waals surface area contributed by atoms with Crippen molar-refractivity contribution in [1.29, 1.82) is 0 Å². The number of halogens is 1. The summed E-state index contributed by atoms with van der Waals surface area (Å²) in [4.78, 5) is 11.1. The lowest BCUT2D eigenvalue weighted by molar-refractivity contribution is 0.0697. The van der Waals surface area contributed by atoms with E-state index in [1.807, 2.05) is 6.07 Å². The number of fused-ring (bicyclic) bond motifs is 1. The van der Waals surface area contributed by atoms with Crippen molar-refractivity contribution in [1.82, 2.24) is 0 Å². The second-order valence-electron chi connectivity index (χ2n) is 4.66. The summed E-state index contributed by atoms with van der Waals surface area (Å²) in [5.74, 6) is -0.978. The van der Waals surface area contributed by atoms with Crippen molar-refractivity contribution >= 4 is 16.9 Å². The van der Waals surface area contributed by atoms with E-state index in [1.54, 1.807) is 31.2 Å². The van der Waals surface area contributed by atoms with E-state index in [0.717, 1.165) is 5.56 Å². The van der Waals surface area contributed by atoms with Crippen LogP contribution in [-0.4, -0.2) is 11.1 Å². The van der Waals surface area contributed by atoms with E-state index in [1.165, 1.54) is 12.1 Å². The fourth-order valence-corrected chi connectivity index (χ4v) is 2.22. The summed E-state index contributed by atoms with van der Waals surface area (Å²) in [6.45, 7) is 1.80. The van der Waals surface area contributed by atoms with Crippen molar-refractivity contribution < 1.29 is 18.7 Å². The molecule has 0 aliphatic rings. The summed E-state index contributed by atoms with van der Waals surface area (Å²) in [7, 11) is 0. The number of hydrogen-bond acceptors (Lipinski definition) is 2. The Morgan fingerprint density at radius 2 is 2.00 bits per heavy atom. The summed E-state index contributed by atoms with van der Waals surface area (Å²) in [5, 5.41) is 9.73. The molecule has 0 spiro atoms. The highest BCUT2D eigenvalue weighted by atomic mass is 19.1. The molecular formula is C16H11FO3. The number of carboxylic acid groups (broad SMARTS) is 1. The molecule has 0 bridgehead atoms. The van der Waals surface area contributed by atoms with Gasteiger partial charge in [0.05, 0.1) is 5.56 Å². The first-order chi connectivity index (χ1) is 9.54. The van der Waals surface area contributed by atoms with Crippen LogP contribution < -0.4 is 0 Å². The first kappa shape index (κ1) is 12.4. The largest absolute Gasteiger partial charge is 0.478 e. The molecule has 2 aromatic carbocycles. The van der Waals surface area contributed by atoms with E-state index in [4.69, 9.17) is 9.52 Å². The van der Waals surface area contributed by atoms with Crippen LogP contribution in [0.5, 0.6) is 0 Å². The number of hydrogen-bond donors (Lipinski definition) is 1. The first-order valence-electron chi connectivity index (χ1n) is 6.08. The Morgan fingerprint density at radius 1 is 1.20 bits per heavy atom. The van der Waals surface area contributed by atoms with Gasteiger partial charge in [0.2, 0.25) is 0 Å². The lowest BCUT2D eigenvalue weighted by Gasteiger charge is -2.02. The number of aryl methyl sites for hydroxylation is 1. The van der Waals surface area contributed by atoms with Gasteiger partial charge in [0.25, 0.3) is 0 Å². The average molecular weight is 270 g/mol. The highest BCUT2D eigenvalue weighted by Crippen LogP contribution is 2.30. The third-order valence-corrected chi connectivity index (χ3v) is 3.10. The van der Waals surface area contributed by atoms with Gasteiger partial charge in [-0.1, -0.05) is 12.1 Å². The predicted octanol–water partition coefficient (Wildman–Crippen LogP) is 4.25. The van der Waals surface area contributed by atoms with Crippen molar-refractivity contribution in [2.45, 2.75) is 6.92 Å². The standard InChI is InChI=1S/C16H11FO3/c1-9-5-11(7-12(6-9)16(18)19)14-8-10-3-2-4-13(17)15(10)20-14/h2-8H,1H3,(H,18,19). The third kappa shape index (κ3) is 2.05.